The molecule has 1 heterocycles. The number of hydrogen-bond acceptors (Lipinski definition) is 5. The van der Waals surface area contributed by atoms with Crippen molar-refractivity contribution in [2.75, 3.05) is 11.1 Å². The third-order valence-corrected chi connectivity index (χ3v) is 4.63. The van der Waals surface area contributed by atoms with Gasteiger partial charge in [0.25, 0.3) is 0 Å². The van der Waals surface area contributed by atoms with Crippen molar-refractivity contribution in [1.82, 2.24) is 4.98 Å². The summed E-state index contributed by atoms with van der Waals surface area (Å²) >= 11 is 3.09. The first-order valence-corrected chi connectivity index (χ1v) is 8.15. The standard InChI is InChI=1S/C14H16N2O2S2/c1-3-19-11-6-4-5-10(12(11)14(17)18)16-9(2)13-15-7-8-20-13/h4-9,16H,3H2,1-2H3,(H,17,18). The number of carboxylic acid groups (broad SMARTS) is 1. The third kappa shape index (κ3) is 3.32. The van der Waals surface area contributed by atoms with E-state index in [0.29, 0.717) is 11.3 Å². The lowest BCUT2D eigenvalue weighted by molar-refractivity contribution is 0.0694. The third-order valence-electron chi connectivity index (χ3n) is 2.73. The lowest BCUT2D eigenvalue weighted by atomic mass is 10.1. The quantitative estimate of drug-likeness (QED) is 0.786. The van der Waals surface area contributed by atoms with Gasteiger partial charge in [-0.1, -0.05) is 13.0 Å². The van der Waals surface area contributed by atoms with E-state index in [4.69, 9.17) is 0 Å². The molecule has 2 N–H and O–H groups in total. The van der Waals surface area contributed by atoms with Crippen LogP contribution in [0.5, 0.6) is 0 Å². The van der Waals surface area contributed by atoms with Crippen LogP contribution in [0.2, 0.25) is 0 Å². The van der Waals surface area contributed by atoms with Gasteiger partial charge in [-0.15, -0.1) is 23.1 Å². The molecule has 6 heteroatoms. The van der Waals surface area contributed by atoms with Crippen LogP contribution in [0.4, 0.5) is 5.69 Å². The fourth-order valence-electron chi connectivity index (χ4n) is 1.89. The minimum absolute atomic E-state index is 0.0185. The molecule has 1 aromatic heterocycles. The average molecular weight is 308 g/mol. The highest BCUT2D eigenvalue weighted by atomic mass is 32.2. The van der Waals surface area contributed by atoms with Crippen molar-refractivity contribution in [3.05, 3.63) is 40.3 Å². The van der Waals surface area contributed by atoms with Crippen LogP contribution in [0, 0.1) is 0 Å². The highest BCUT2D eigenvalue weighted by Gasteiger charge is 2.18. The summed E-state index contributed by atoms with van der Waals surface area (Å²) in [6, 6.07) is 5.50. The lowest BCUT2D eigenvalue weighted by Crippen LogP contribution is -2.11. The summed E-state index contributed by atoms with van der Waals surface area (Å²) in [4.78, 5) is 16.6. The number of hydrogen-bond donors (Lipinski definition) is 2. The van der Waals surface area contributed by atoms with Crippen molar-refractivity contribution in [3.63, 3.8) is 0 Å². The molecule has 2 rings (SSSR count). The monoisotopic (exact) mass is 308 g/mol. The summed E-state index contributed by atoms with van der Waals surface area (Å²) in [6.45, 7) is 3.98. The van der Waals surface area contributed by atoms with E-state index in [1.54, 1.807) is 23.6 Å². The predicted molar refractivity (Wildman–Crippen MR) is 84.0 cm³/mol. The second-order valence-electron chi connectivity index (χ2n) is 4.15. The number of nitrogens with zero attached hydrogens (tertiary/aromatic N) is 1. The lowest BCUT2D eigenvalue weighted by Gasteiger charge is -2.16. The van der Waals surface area contributed by atoms with Gasteiger partial charge in [-0.2, -0.15) is 0 Å². The molecule has 0 bridgehead atoms. The molecule has 1 atom stereocenters. The highest BCUT2D eigenvalue weighted by Crippen LogP contribution is 2.31. The number of rotatable bonds is 6. The Morgan fingerprint density at radius 1 is 1.55 bits per heavy atom. The molecule has 0 aliphatic carbocycles. The molecule has 0 amide bonds. The molecular formula is C14H16N2O2S2. The normalized spacial score (nSPS) is 12.1. The summed E-state index contributed by atoms with van der Waals surface area (Å²) in [5, 5.41) is 15.5. The molecule has 0 radical (unpaired) electrons. The van der Waals surface area contributed by atoms with Crippen LogP contribution in [-0.4, -0.2) is 21.8 Å². The molecule has 0 aliphatic rings. The number of aromatic carboxylic acids is 1. The van der Waals surface area contributed by atoms with E-state index < -0.39 is 5.97 Å². The first-order chi connectivity index (χ1) is 9.63. The van der Waals surface area contributed by atoms with E-state index in [1.807, 2.05) is 31.4 Å². The van der Waals surface area contributed by atoms with E-state index in [1.165, 1.54) is 11.8 Å². The number of benzene rings is 1. The van der Waals surface area contributed by atoms with E-state index >= 15 is 0 Å². The fourth-order valence-corrected chi connectivity index (χ4v) is 3.36. The summed E-state index contributed by atoms with van der Waals surface area (Å²) in [7, 11) is 0. The molecule has 20 heavy (non-hydrogen) atoms. The Bertz CT molecular complexity index is 585. The number of carbonyl (C=O) groups is 1. The molecule has 1 unspecified atom stereocenters. The zero-order chi connectivity index (χ0) is 14.5. The molecule has 0 aliphatic heterocycles. The Kier molecular flexibility index (Phi) is 5.03. The maximum atomic E-state index is 11.5. The van der Waals surface area contributed by atoms with Crippen molar-refractivity contribution in [3.8, 4) is 0 Å². The number of carboxylic acids is 1. The topological polar surface area (TPSA) is 62.2 Å². The number of nitrogens with one attached hydrogen (secondary N) is 1. The van der Waals surface area contributed by atoms with Crippen LogP contribution in [0.3, 0.4) is 0 Å². The summed E-state index contributed by atoms with van der Waals surface area (Å²) in [5.41, 5.74) is 0.974. The van der Waals surface area contributed by atoms with E-state index in [9.17, 15) is 9.90 Å². The minimum Gasteiger partial charge on any atom is -0.478 e. The van der Waals surface area contributed by atoms with Crippen LogP contribution in [-0.2, 0) is 0 Å². The van der Waals surface area contributed by atoms with Gasteiger partial charge in [0, 0.05) is 16.5 Å². The van der Waals surface area contributed by atoms with Gasteiger partial charge < -0.3 is 10.4 Å². The van der Waals surface area contributed by atoms with Gasteiger partial charge in [0.2, 0.25) is 0 Å². The van der Waals surface area contributed by atoms with Crippen molar-refractivity contribution >= 4 is 34.8 Å². The SMILES string of the molecule is CCSc1cccc(NC(C)c2nccs2)c1C(=O)O. The Morgan fingerprint density at radius 3 is 2.95 bits per heavy atom. The van der Waals surface area contributed by atoms with Gasteiger partial charge in [0.15, 0.2) is 0 Å². The van der Waals surface area contributed by atoms with Crippen LogP contribution < -0.4 is 5.32 Å². The number of anilines is 1. The predicted octanol–water partition coefficient (Wildman–Crippen LogP) is 4.13. The van der Waals surface area contributed by atoms with Crippen molar-refractivity contribution in [1.29, 1.82) is 0 Å². The van der Waals surface area contributed by atoms with Crippen LogP contribution in [0.1, 0.15) is 35.3 Å². The van der Waals surface area contributed by atoms with E-state index in [-0.39, 0.29) is 6.04 Å². The Balaban J connectivity index is 2.31. The molecule has 2 aromatic rings. The molecule has 0 saturated heterocycles. The zero-order valence-corrected chi connectivity index (χ0v) is 12.9. The van der Waals surface area contributed by atoms with Crippen LogP contribution in [0.25, 0.3) is 0 Å². The molecule has 0 fully saturated rings. The maximum Gasteiger partial charge on any atom is 0.338 e. The summed E-state index contributed by atoms with van der Waals surface area (Å²) < 4.78 is 0. The average Bonchev–Trinajstić information content (AvgIpc) is 2.92. The van der Waals surface area contributed by atoms with Gasteiger partial charge in [0.05, 0.1) is 17.3 Å². The highest BCUT2D eigenvalue weighted by molar-refractivity contribution is 7.99. The van der Waals surface area contributed by atoms with Gasteiger partial charge in [-0.3, -0.25) is 0 Å². The van der Waals surface area contributed by atoms with E-state index in [2.05, 4.69) is 10.3 Å². The second kappa shape index (κ2) is 6.76. The minimum atomic E-state index is -0.907. The molecule has 4 nitrogen and oxygen atoms in total. The fraction of sp³-hybridized carbons (Fsp3) is 0.286. The smallest absolute Gasteiger partial charge is 0.338 e. The second-order valence-corrected chi connectivity index (χ2v) is 6.39. The zero-order valence-electron chi connectivity index (χ0n) is 11.3. The largest absolute Gasteiger partial charge is 0.478 e. The number of thioether (sulfide) groups is 1. The number of thiazole rings is 1. The van der Waals surface area contributed by atoms with Gasteiger partial charge in [-0.25, -0.2) is 9.78 Å². The molecular weight excluding hydrogens is 292 g/mol. The van der Waals surface area contributed by atoms with Gasteiger partial charge in [-0.05, 0) is 24.8 Å². The molecule has 0 saturated carbocycles. The summed E-state index contributed by atoms with van der Waals surface area (Å²) in [6.07, 6.45) is 1.75. The van der Waals surface area contributed by atoms with Crippen LogP contribution >= 0.6 is 23.1 Å². The molecule has 1 aromatic carbocycles. The van der Waals surface area contributed by atoms with E-state index in [0.717, 1.165) is 15.7 Å². The first-order valence-electron chi connectivity index (χ1n) is 6.28. The number of aromatic nitrogens is 1. The first kappa shape index (κ1) is 14.9. The van der Waals surface area contributed by atoms with Gasteiger partial charge >= 0.3 is 5.97 Å². The summed E-state index contributed by atoms with van der Waals surface area (Å²) in [5.74, 6) is -0.0680. The Hall–Kier alpha value is -1.53. The van der Waals surface area contributed by atoms with Gasteiger partial charge in [0.1, 0.15) is 5.01 Å². The Labute approximate surface area is 126 Å². The van der Waals surface area contributed by atoms with Crippen molar-refractivity contribution < 1.29 is 9.90 Å². The maximum absolute atomic E-state index is 11.5. The molecule has 0 spiro atoms. The molecule has 106 valence electrons. The van der Waals surface area contributed by atoms with Crippen molar-refractivity contribution in [2.45, 2.75) is 24.8 Å². The Morgan fingerprint density at radius 2 is 2.35 bits per heavy atom. The van der Waals surface area contributed by atoms with Crippen LogP contribution in [0.15, 0.2) is 34.7 Å². The van der Waals surface area contributed by atoms with Crippen molar-refractivity contribution in [2.24, 2.45) is 0 Å².